The number of nitrogens with zero attached hydrogens (tertiary/aromatic N) is 2. The molecule has 264 valence electrons. The van der Waals surface area contributed by atoms with Gasteiger partial charge in [-0.3, -0.25) is 0 Å². The zero-order valence-corrected chi connectivity index (χ0v) is 31.6. The first-order valence-electron chi connectivity index (χ1n) is 20.2. The fourth-order valence-corrected chi connectivity index (χ4v) is 10.2. The van der Waals surface area contributed by atoms with Crippen LogP contribution in [0.25, 0.3) is 32.7 Å². The van der Waals surface area contributed by atoms with Crippen molar-refractivity contribution in [1.82, 2.24) is 0 Å². The molecule has 2 nitrogen and oxygen atoms in total. The molecular weight excluding hydrogens is 663 g/mol. The van der Waals surface area contributed by atoms with Crippen LogP contribution in [0.1, 0.15) is 54.7 Å². The van der Waals surface area contributed by atoms with Gasteiger partial charge in [0.25, 0.3) is 6.71 Å². The van der Waals surface area contributed by atoms with Crippen molar-refractivity contribution in [3.8, 4) is 11.1 Å². The van der Waals surface area contributed by atoms with Gasteiger partial charge in [-0.05, 0) is 142 Å². The molecular formula is C52H43BN2. The Hall–Kier alpha value is -6.06. The minimum Gasteiger partial charge on any atom is -0.311 e. The first-order valence-corrected chi connectivity index (χ1v) is 20.2. The lowest BCUT2D eigenvalue weighted by Gasteiger charge is -2.45. The zero-order chi connectivity index (χ0) is 36.6. The van der Waals surface area contributed by atoms with Gasteiger partial charge >= 0.3 is 0 Å². The maximum Gasteiger partial charge on any atom is 0.252 e. The summed E-state index contributed by atoms with van der Waals surface area (Å²) >= 11 is 0. The van der Waals surface area contributed by atoms with Gasteiger partial charge in [-0.25, -0.2) is 0 Å². The highest BCUT2D eigenvalue weighted by Crippen LogP contribution is 2.47. The second-order valence-electron chi connectivity index (χ2n) is 16.1. The van der Waals surface area contributed by atoms with Gasteiger partial charge in [0, 0.05) is 34.1 Å². The number of aryl methyl sites for hydroxylation is 2. The van der Waals surface area contributed by atoms with E-state index in [-0.39, 0.29) is 6.71 Å². The number of rotatable bonds is 4. The zero-order valence-electron chi connectivity index (χ0n) is 31.6. The molecule has 0 spiro atoms. The van der Waals surface area contributed by atoms with E-state index in [1.807, 2.05) is 0 Å². The third-order valence-corrected chi connectivity index (χ3v) is 12.7. The highest BCUT2D eigenvalue weighted by molar-refractivity contribution is 7.00. The quantitative estimate of drug-likeness (QED) is 0.133. The number of fused-ring (bicyclic) bond motifs is 6. The Morgan fingerprint density at radius 2 is 1.00 bits per heavy atom. The van der Waals surface area contributed by atoms with Crippen LogP contribution in [0.5, 0.6) is 0 Å². The van der Waals surface area contributed by atoms with Crippen molar-refractivity contribution >= 4 is 78.8 Å². The standard InChI is InChI=1S/C52H43BN2/c1-34-21-27-47-45(29-34)53-46-30-35(2)22-28-48(46)55(42-25-23-37(24-26-42)51-43-19-11-9-15-38(43)31-39-16-10-12-20-44(39)51)50-33-40(36-13-5-3-6-14-36)32-49(52(50)53)54(47)41-17-7-4-8-18-41/h4,7-12,15-33,36H,3,5-6,13-14H2,1-2H3. The molecule has 0 bridgehead atoms. The third kappa shape index (κ3) is 5.17. The van der Waals surface area contributed by atoms with Gasteiger partial charge in [0.2, 0.25) is 0 Å². The van der Waals surface area contributed by atoms with Crippen LogP contribution >= 0.6 is 0 Å². The first kappa shape index (κ1) is 32.4. The summed E-state index contributed by atoms with van der Waals surface area (Å²) in [5.41, 5.74) is 18.4. The third-order valence-electron chi connectivity index (χ3n) is 12.7. The number of anilines is 6. The van der Waals surface area contributed by atoms with Crippen LogP contribution in [0.2, 0.25) is 0 Å². The van der Waals surface area contributed by atoms with E-state index in [0.717, 1.165) is 0 Å². The summed E-state index contributed by atoms with van der Waals surface area (Å²) in [7, 11) is 0. The highest BCUT2D eigenvalue weighted by atomic mass is 15.2. The van der Waals surface area contributed by atoms with Crippen LogP contribution < -0.4 is 26.2 Å². The normalized spacial score (nSPS) is 14.9. The van der Waals surface area contributed by atoms with Crippen molar-refractivity contribution in [1.29, 1.82) is 0 Å². The largest absolute Gasteiger partial charge is 0.311 e. The molecule has 3 aliphatic rings. The molecule has 2 aliphatic heterocycles. The molecule has 0 radical (unpaired) electrons. The average Bonchev–Trinajstić information content (AvgIpc) is 3.23. The van der Waals surface area contributed by atoms with E-state index in [1.165, 1.54) is 132 Å². The summed E-state index contributed by atoms with van der Waals surface area (Å²) in [5, 5.41) is 5.13. The Kier molecular flexibility index (Phi) is 7.52. The molecule has 1 fully saturated rings. The number of hydrogen-bond donors (Lipinski definition) is 0. The van der Waals surface area contributed by atoms with Crippen LogP contribution in [-0.2, 0) is 0 Å². The van der Waals surface area contributed by atoms with Gasteiger partial charge in [-0.1, -0.05) is 134 Å². The first-order chi connectivity index (χ1) is 27.1. The van der Waals surface area contributed by atoms with Gasteiger partial charge in [-0.2, -0.15) is 0 Å². The van der Waals surface area contributed by atoms with Crippen LogP contribution in [-0.4, -0.2) is 6.71 Å². The molecule has 0 unspecified atom stereocenters. The molecule has 0 amide bonds. The minimum atomic E-state index is 0.132. The van der Waals surface area contributed by atoms with E-state index in [2.05, 4.69) is 181 Å². The predicted octanol–water partition coefficient (Wildman–Crippen LogP) is 12.4. The van der Waals surface area contributed by atoms with Crippen molar-refractivity contribution in [3.63, 3.8) is 0 Å². The van der Waals surface area contributed by atoms with Crippen LogP contribution in [0.15, 0.2) is 158 Å². The topological polar surface area (TPSA) is 6.48 Å². The molecule has 1 saturated carbocycles. The molecule has 0 N–H and O–H groups in total. The van der Waals surface area contributed by atoms with Gasteiger partial charge in [0.1, 0.15) is 0 Å². The molecule has 0 atom stereocenters. The van der Waals surface area contributed by atoms with Crippen molar-refractivity contribution in [2.24, 2.45) is 0 Å². The summed E-state index contributed by atoms with van der Waals surface area (Å²) in [5.74, 6) is 0.564. The fraction of sp³-hybridized carbons (Fsp3) is 0.154. The van der Waals surface area contributed by atoms with E-state index in [1.54, 1.807) is 0 Å². The van der Waals surface area contributed by atoms with Gasteiger partial charge in [-0.15, -0.1) is 0 Å². The van der Waals surface area contributed by atoms with Crippen molar-refractivity contribution < 1.29 is 0 Å². The highest BCUT2D eigenvalue weighted by Gasteiger charge is 2.44. The van der Waals surface area contributed by atoms with E-state index < -0.39 is 0 Å². The SMILES string of the molecule is Cc1ccc2c(c1)B1c3cc(C)ccc3N(c3ccc(-c4c5ccccc5cc5ccccc45)cc3)c3cc(C4CCCCC4)cc(c31)N2c1ccccc1. The molecule has 11 rings (SSSR count). The Morgan fingerprint density at radius 1 is 0.473 bits per heavy atom. The van der Waals surface area contributed by atoms with Crippen molar-refractivity contribution in [2.75, 3.05) is 9.80 Å². The molecule has 1 aliphatic carbocycles. The van der Waals surface area contributed by atoms with Crippen LogP contribution in [0.4, 0.5) is 34.1 Å². The number of para-hydroxylation sites is 1. The summed E-state index contributed by atoms with van der Waals surface area (Å²) in [6.07, 6.45) is 6.47. The lowest BCUT2D eigenvalue weighted by Crippen LogP contribution is -2.61. The molecule has 3 heteroatoms. The lowest BCUT2D eigenvalue weighted by atomic mass is 9.33. The van der Waals surface area contributed by atoms with E-state index >= 15 is 0 Å². The van der Waals surface area contributed by atoms with E-state index in [0.29, 0.717) is 5.92 Å². The second kappa shape index (κ2) is 12.8. The van der Waals surface area contributed by atoms with Crippen LogP contribution in [0.3, 0.4) is 0 Å². The predicted molar refractivity (Wildman–Crippen MR) is 236 cm³/mol. The Balaban J connectivity index is 1.17. The maximum atomic E-state index is 2.59. The van der Waals surface area contributed by atoms with Gasteiger partial charge in [0.15, 0.2) is 0 Å². The average molecular weight is 707 g/mol. The summed E-state index contributed by atoms with van der Waals surface area (Å²) in [6.45, 7) is 4.61. The lowest BCUT2D eigenvalue weighted by molar-refractivity contribution is 0.444. The Bertz CT molecular complexity index is 2730. The molecule has 0 aromatic heterocycles. The van der Waals surface area contributed by atoms with Gasteiger partial charge in [0.05, 0.1) is 0 Å². The molecule has 2 heterocycles. The van der Waals surface area contributed by atoms with E-state index in [9.17, 15) is 0 Å². The van der Waals surface area contributed by atoms with E-state index in [4.69, 9.17) is 0 Å². The summed E-state index contributed by atoms with van der Waals surface area (Å²) < 4.78 is 0. The minimum absolute atomic E-state index is 0.132. The second-order valence-corrected chi connectivity index (χ2v) is 16.1. The van der Waals surface area contributed by atoms with Crippen molar-refractivity contribution in [2.45, 2.75) is 51.9 Å². The molecule has 0 saturated heterocycles. The van der Waals surface area contributed by atoms with Gasteiger partial charge < -0.3 is 9.80 Å². The Morgan fingerprint density at radius 3 is 1.58 bits per heavy atom. The fourth-order valence-electron chi connectivity index (χ4n) is 10.2. The summed E-state index contributed by atoms with van der Waals surface area (Å²) in [4.78, 5) is 5.15. The summed E-state index contributed by atoms with van der Waals surface area (Å²) in [6, 6.07) is 59.9. The molecule has 55 heavy (non-hydrogen) atoms. The molecule has 8 aromatic rings. The smallest absolute Gasteiger partial charge is 0.252 e. The Labute approximate surface area is 324 Å². The number of hydrogen-bond acceptors (Lipinski definition) is 2. The maximum absolute atomic E-state index is 2.59. The van der Waals surface area contributed by atoms with Crippen molar-refractivity contribution in [3.05, 3.63) is 174 Å². The monoisotopic (exact) mass is 706 g/mol. The molecule has 8 aromatic carbocycles. The van der Waals surface area contributed by atoms with Crippen LogP contribution in [0, 0.1) is 13.8 Å². The number of benzene rings is 8.